The molecule has 4 nitrogen and oxygen atoms in total. The van der Waals surface area contributed by atoms with E-state index in [9.17, 15) is 9.59 Å². The number of primary amides is 1. The molecule has 0 saturated heterocycles. The van der Waals surface area contributed by atoms with E-state index in [0.29, 0.717) is 24.1 Å². The van der Waals surface area contributed by atoms with E-state index in [1.54, 1.807) is 24.3 Å². The first-order chi connectivity index (χ1) is 10.0. The second-order valence-electron chi connectivity index (χ2n) is 4.53. The Bertz CT molecular complexity index is 569. The maximum absolute atomic E-state index is 11.8. The smallest absolute Gasteiger partial charge is 0.251 e. The van der Waals surface area contributed by atoms with E-state index in [0.717, 1.165) is 5.56 Å². The maximum Gasteiger partial charge on any atom is 0.251 e. The summed E-state index contributed by atoms with van der Waals surface area (Å²) in [4.78, 5) is 22.7. The molecule has 0 heterocycles. The molecule has 110 valence electrons. The Morgan fingerprint density at radius 2 is 1.95 bits per heavy atom. The van der Waals surface area contributed by atoms with Gasteiger partial charge in [-0.3, -0.25) is 9.59 Å². The number of carbonyl (C=O) groups is 2. The minimum Gasteiger partial charge on any atom is -0.366 e. The van der Waals surface area contributed by atoms with Crippen LogP contribution in [-0.4, -0.2) is 18.4 Å². The van der Waals surface area contributed by atoms with E-state index in [4.69, 9.17) is 5.73 Å². The summed E-state index contributed by atoms with van der Waals surface area (Å²) in [5.74, 6) is -0.606. The number of allylic oxidation sites excluding steroid dienone is 2. The van der Waals surface area contributed by atoms with Crippen LogP contribution in [0.25, 0.3) is 0 Å². The average Bonchev–Trinajstić information content (AvgIpc) is 2.46. The van der Waals surface area contributed by atoms with Crippen molar-refractivity contribution in [2.24, 2.45) is 5.73 Å². The van der Waals surface area contributed by atoms with Crippen LogP contribution in [0.4, 0.5) is 0 Å². The van der Waals surface area contributed by atoms with Gasteiger partial charge in [0, 0.05) is 17.7 Å². The third-order valence-corrected chi connectivity index (χ3v) is 2.83. The van der Waals surface area contributed by atoms with Crippen LogP contribution in [0.2, 0.25) is 0 Å². The largest absolute Gasteiger partial charge is 0.366 e. The standard InChI is InChI=1S/C17H20N2O2/c1-3-14(16(18)20)7-5-4-6-12-19-17(21)15-10-8-13(2)9-11-15/h3-5,7-11H,1,6,12H2,2H3,(H2,18,20)(H,19,21)/b5-4-,14-7+. The van der Waals surface area contributed by atoms with Crippen molar-refractivity contribution < 1.29 is 9.59 Å². The highest BCUT2D eigenvalue weighted by Gasteiger charge is 2.02. The van der Waals surface area contributed by atoms with Gasteiger partial charge in [0.05, 0.1) is 0 Å². The molecule has 0 aliphatic heterocycles. The minimum absolute atomic E-state index is 0.0946. The summed E-state index contributed by atoms with van der Waals surface area (Å²) < 4.78 is 0. The molecule has 0 atom stereocenters. The second-order valence-corrected chi connectivity index (χ2v) is 4.53. The van der Waals surface area contributed by atoms with Gasteiger partial charge < -0.3 is 11.1 Å². The van der Waals surface area contributed by atoms with Crippen molar-refractivity contribution in [3.05, 3.63) is 71.8 Å². The molecular formula is C17H20N2O2. The zero-order valence-corrected chi connectivity index (χ0v) is 12.1. The predicted molar refractivity (Wildman–Crippen MR) is 84.7 cm³/mol. The molecule has 0 spiro atoms. The van der Waals surface area contributed by atoms with Gasteiger partial charge in [0.1, 0.15) is 0 Å². The van der Waals surface area contributed by atoms with Gasteiger partial charge in [-0.25, -0.2) is 0 Å². The monoisotopic (exact) mass is 284 g/mol. The summed E-state index contributed by atoms with van der Waals surface area (Å²) in [5.41, 5.74) is 7.25. The SMILES string of the molecule is C=C/C(=C\C=C/CCNC(=O)c1ccc(C)cc1)C(N)=O. The van der Waals surface area contributed by atoms with Gasteiger partial charge in [0.2, 0.25) is 5.91 Å². The number of benzene rings is 1. The number of nitrogens with two attached hydrogens (primary N) is 1. The Morgan fingerprint density at radius 3 is 2.52 bits per heavy atom. The first kappa shape index (κ1) is 16.4. The quantitative estimate of drug-likeness (QED) is 0.458. The fourth-order valence-electron chi connectivity index (χ4n) is 1.59. The van der Waals surface area contributed by atoms with Crippen molar-refractivity contribution >= 4 is 11.8 Å². The lowest BCUT2D eigenvalue weighted by atomic mass is 10.1. The molecule has 0 fully saturated rings. The normalized spacial score (nSPS) is 11.4. The molecule has 0 aromatic heterocycles. The van der Waals surface area contributed by atoms with Gasteiger partial charge in [-0.05, 0) is 31.6 Å². The summed E-state index contributed by atoms with van der Waals surface area (Å²) in [6, 6.07) is 7.40. The average molecular weight is 284 g/mol. The molecule has 3 N–H and O–H groups in total. The van der Waals surface area contributed by atoms with Crippen LogP contribution in [0.5, 0.6) is 0 Å². The van der Waals surface area contributed by atoms with Gasteiger partial charge in [-0.1, -0.05) is 42.5 Å². The summed E-state index contributed by atoms with van der Waals surface area (Å²) >= 11 is 0. The number of hydrogen-bond donors (Lipinski definition) is 2. The first-order valence-corrected chi connectivity index (χ1v) is 6.68. The van der Waals surface area contributed by atoms with Crippen LogP contribution >= 0.6 is 0 Å². The van der Waals surface area contributed by atoms with E-state index in [1.165, 1.54) is 6.08 Å². The zero-order valence-electron chi connectivity index (χ0n) is 12.1. The van der Waals surface area contributed by atoms with E-state index < -0.39 is 5.91 Å². The predicted octanol–water partition coefficient (Wildman–Crippen LogP) is 2.27. The van der Waals surface area contributed by atoms with Crippen molar-refractivity contribution in [2.75, 3.05) is 6.54 Å². The molecule has 4 heteroatoms. The zero-order chi connectivity index (χ0) is 15.7. The van der Waals surface area contributed by atoms with E-state index in [2.05, 4.69) is 11.9 Å². The number of hydrogen-bond acceptors (Lipinski definition) is 2. The lowest BCUT2D eigenvalue weighted by Gasteiger charge is -2.03. The topological polar surface area (TPSA) is 72.2 Å². The molecule has 0 radical (unpaired) electrons. The summed E-state index contributed by atoms with van der Waals surface area (Å²) in [6.45, 7) is 6.00. The highest BCUT2D eigenvalue weighted by atomic mass is 16.2. The van der Waals surface area contributed by atoms with E-state index in [-0.39, 0.29) is 5.91 Å². The van der Waals surface area contributed by atoms with Gasteiger partial charge in [-0.2, -0.15) is 0 Å². The highest BCUT2D eigenvalue weighted by molar-refractivity contribution is 5.95. The molecule has 1 rings (SSSR count). The third kappa shape index (κ3) is 5.91. The number of aryl methyl sites for hydroxylation is 1. The molecule has 0 bridgehead atoms. The molecule has 21 heavy (non-hydrogen) atoms. The molecule has 0 aliphatic rings. The van der Waals surface area contributed by atoms with Crippen molar-refractivity contribution in [1.82, 2.24) is 5.32 Å². The van der Waals surface area contributed by atoms with E-state index in [1.807, 2.05) is 25.1 Å². The molecule has 0 aliphatic carbocycles. The van der Waals surface area contributed by atoms with Crippen molar-refractivity contribution in [3.8, 4) is 0 Å². The third-order valence-electron chi connectivity index (χ3n) is 2.83. The molecule has 2 amide bonds. The summed E-state index contributed by atoms with van der Waals surface area (Å²) in [5, 5.41) is 2.82. The Kier molecular flexibility index (Phi) is 6.68. The molecular weight excluding hydrogens is 264 g/mol. The maximum atomic E-state index is 11.8. The Labute approximate surface area is 125 Å². The van der Waals surface area contributed by atoms with E-state index >= 15 is 0 Å². The molecule has 0 unspecified atom stereocenters. The van der Waals surface area contributed by atoms with Crippen molar-refractivity contribution in [2.45, 2.75) is 13.3 Å². The molecule has 0 saturated carbocycles. The fraction of sp³-hybridized carbons (Fsp3) is 0.176. The van der Waals surface area contributed by atoms with Gasteiger partial charge in [0.25, 0.3) is 5.91 Å². The first-order valence-electron chi connectivity index (χ1n) is 6.68. The van der Waals surface area contributed by atoms with Crippen molar-refractivity contribution in [3.63, 3.8) is 0 Å². The molecule has 1 aromatic rings. The molecule has 1 aromatic carbocycles. The van der Waals surface area contributed by atoms with Crippen LogP contribution in [-0.2, 0) is 4.79 Å². The number of carbonyl (C=O) groups excluding carboxylic acids is 2. The van der Waals surface area contributed by atoms with Gasteiger partial charge in [-0.15, -0.1) is 0 Å². The van der Waals surface area contributed by atoms with Crippen LogP contribution < -0.4 is 11.1 Å². The summed E-state index contributed by atoms with van der Waals surface area (Å²) in [6.07, 6.45) is 7.24. The lowest BCUT2D eigenvalue weighted by molar-refractivity contribution is -0.114. The van der Waals surface area contributed by atoms with Crippen LogP contribution in [0.1, 0.15) is 22.3 Å². The Hall–Kier alpha value is -2.62. The summed E-state index contributed by atoms with van der Waals surface area (Å²) in [7, 11) is 0. The number of nitrogens with one attached hydrogen (secondary N) is 1. The van der Waals surface area contributed by atoms with Gasteiger partial charge >= 0.3 is 0 Å². The highest BCUT2D eigenvalue weighted by Crippen LogP contribution is 2.02. The lowest BCUT2D eigenvalue weighted by Crippen LogP contribution is -2.23. The Balaban J connectivity index is 2.37. The van der Waals surface area contributed by atoms with Gasteiger partial charge in [0.15, 0.2) is 0 Å². The van der Waals surface area contributed by atoms with Crippen LogP contribution in [0.3, 0.4) is 0 Å². The van der Waals surface area contributed by atoms with Crippen LogP contribution in [0, 0.1) is 6.92 Å². The Morgan fingerprint density at radius 1 is 1.29 bits per heavy atom. The number of amides is 2. The van der Waals surface area contributed by atoms with Crippen molar-refractivity contribution in [1.29, 1.82) is 0 Å². The minimum atomic E-state index is -0.512. The second kappa shape index (κ2) is 8.53. The fourth-order valence-corrected chi connectivity index (χ4v) is 1.59. The van der Waals surface area contributed by atoms with Crippen LogP contribution in [0.15, 0.2) is 60.7 Å². The number of rotatable bonds is 7.